The summed E-state index contributed by atoms with van der Waals surface area (Å²) in [5.74, 6) is 1.26. The first-order chi connectivity index (χ1) is 4.66. The quantitative estimate of drug-likeness (QED) is 0.524. The molecule has 10 heavy (non-hydrogen) atoms. The SMILES string of the molecule is CC=CC(C)C=CC(C)C. The van der Waals surface area contributed by atoms with Crippen LogP contribution in [0.15, 0.2) is 24.3 Å². The predicted octanol–water partition coefficient (Wildman–Crippen LogP) is 3.41. The molecule has 0 heterocycles. The van der Waals surface area contributed by atoms with Crippen molar-refractivity contribution in [1.29, 1.82) is 0 Å². The molecule has 0 spiro atoms. The fourth-order valence-electron chi connectivity index (χ4n) is 0.765. The first-order valence-electron chi connectivity index (χ1n) is 3.98. The van der Waals surface area contributed by atoms with Crippen LogP contribution in [-0.2, 0) is 0 Å². The van der Waals surface area contributed by atoms with Crippen LogP contribution in [0.1, 0.15) is 27.7 Å². The molecule has 58 valence electrons. The highest BCUT2D eigenvalue weighted by Gasteiger charge is 1.88. The van der Waals surface area contributed by atoms with Crippen LogP contribution in [-0.4, -0.2) is 0 Å². The smallest absolute Gasteiger partial charge is 0.00819 e. The normalized spacial score (nSPS) is 15.7. The van der Waals surface area contributed by atoms with Crippen LogP contribution in [0.5, 0.6) is 0 Å². The van der Waals surface area contributed by atoms with E-state index >= 15 is 0 Å². The Labute approximate surface area is 64.6 Å². The Balaban J connectivity index is 3.66. The van der Waals surface area contributed by atoms with Crippen molar-refractivity contribution in [3.63, 3.8) is 0 Å². The monoisotopic (exact) mass is 138 g/mol. The molecular formula is C10H18. The molecule has 0 heteroatoms. The van der Waals surface area contributed by atoms with E-state index in [0.717, 1.165) is 0 Å². The molecule has 0 nitrogen and oxygen atoms in total. The van der Waals surface area contributed by atoms with Crippen LogP contribution >= 0.6 is 0 Å². The number of allylic oxidation sites excluding steroid dienone is 4. The van der Waals surface area contributed by atoms with Gasteiger partial charge in [-0.05, 0) is 18.8 Å². The van der Waals surface area contributed by atoms with Gasteiger partial charge in [-0.2, -0.15) is 0 Å². The lowest BCUT2D eigenvalue weighted by molar-refractivity contribution is 0.810. The molecule has 0 N–H and O–H groups in total. The van der Waals surface area contributed by atoms with E-state index in [4.69, 9.17) is 0 Å². The summed E-state index contributed by atoms with van der Waals surface area (Å²) >= 11 is 0. The standard InChI is InChI=1S/C10H18/c1-5-6-10(4)8-7-9(2)3/h5-10H,1-4H3. The van der Waals surface area contributed by atoms with Gasteiger partial charge in [0.25, 0.3) is 0 Å². The van der Waals surface area contributed by atoms with E-state index in [1.807, 2.05) is 0 Å². The summed E-state index contributed by atoms with van der Waals surface area (Å²) in [7, 11) is 0. The van der Waals surface area contributed by atoms with Crippen molar-refractivity contribution in [2.45, 2.75) is 27.7 Å². The first-order valence-corrected chi connectivity index (χ1v) is 3.98. The molecule has 0 rings (SSSR count). The molecule has 0 saturated heterocycles. The average molecular weight is 138 g/mol. The molecule has 1 atom stereocenters. The lowest BCUT2D eigenvalue weighted by atomic mass is 10.1. The molecule has 0 aliphatic carbocycles. The van der Waals surface area contributed by atoms with Gasteiger partial charge in [-0.1, -0.05) is 45.1 Å². The second-order valence-electron chi connectivity index (χ2n) is 3.01. The van der Waals surface area contributed by atoms with Crippen LogP contribution in [0, 0.1) is 11.8 Å². The fourth-order valence-corrected chi connectivity index (χ4v) is 0.765. The van der Waals surface area contributed by atoms with E-state index in [0.29, 0.717) is 11.8 Å². The lowest BCUT2D eigenvalue weighted by Crippen LogP contribution is -1.84. The van der Waals surface area contributed by atoms with Gasteiger partial charge < -0.3 is 0 Å². The van der Waals surface area contributed by atoms with Gasteiger partial charge in [0.1, 0.15) is 0 Å². The summed E-state index contributed by atoms with van der Waals surface area (Å²) in [5, 5.41) is 0. The average Bonchev–Trinajstić information content (AvgIpc) is 1.85. The molecule has 0 aromatic carbocycles. The van der Waals surface area contributed by atoms with Gasteiger partial charge in [-0.3, -0.25) is 0 Å². The topological polar surface area (TPSA) is 0 Å². The van der Waals surface area contributed by atoms with Gasteiger partial charge in [0, 0.05) is 0 Å². The zero-order valence-electron chi connectivity index (χ0n) is 7.46. The Morgan fingerprint density at radius 1 is 0.900 bits per heavy atom. The third kappa shape index (κ3) is 5.61. The minimum atomic E-state index is 0.590. The van der Waals surface area contributed by atoms with Gasteiger partial charge >= 0.3 is 0 Å². The predicted molar refractivity (Wildman–Crippen MR) is 48.0 cm³/mol. The van der Waals surface area contributed by atoms with Crippen molar-refractivity contribution >= 4 is 0 Å². The molecule has 0 amide bonds. The Morgan fingerprint density at radius 2 is 1.50 bits per heavy atom. The van der Waals surface area contributed by atoms with Crippen LogP contribution < -0.4 is 0 Å². The van der Waals surface area contributed by atoms with Gasteiger partial charge in [-0.25, -0.2) is 0 Å². The van der Waals surface area contributed by atoms with Gasteiger partial charge in [0.05, 0.1) is 0 Å². The Kier molecular flexibility index (Phi) is 5.00. The van der Waals surface area contributed by atoms with Gasteiger partial charge in [0.2, 0.25) is 0 Å². The number of hydrogen-bond donors (Lipinski definition) is 0. The van der Waals surface area contributed by atoms with Crippen LogP contribution in [0.3, 0.4) is 0 Å². The summed E-state index contributed by atoms with van der Waals surface area (Å²) in [6.45, 7) is 8.64. The van der Waals surface area contributed by atoms with Crippen LogP contribution in [0.4, 0.5) is 0 Å². The third-order valence-electron chi connectivity index (χ3n) is 1.30. The summed E-state index contributed by atoms with van der Waals surface area (Å²) in [5.41, 5.74) is 0. The maximum absolute atomic E-state index is 2.24. The minimum absolute atomic E-state index is 0.590. The van der Waals surface area contributed by atoms with Gasteiger partial charge in [-0.15, -0.1) is 0 Å². The van der Waals surface area contributed by atoms with Crippen LogP contribution in [0.2, 0.25) is 0 Å². The second kappa shape index (κ2) is 5.28. The maximum Gasteiger partial charge on any atom is -0.00819 e. The van der Waals surface area contributed by atoms with Crippen molar-refractivity contribution in [1.82, 2.24) is 0 Å². The molecule has 0 aromatic heterocycles. The van der Waals surface area contributed by atoms with E-state index in [1.54, 1.807) is 0 Å². The maximum atomic E-state index is 2.24. The highest BCUT2D eigenvalue weighted by atomic mass is 13.9. The van der Waals surface area contributed by atoms with E-state index in [-0.39, 0.29) is 0 Å². The summed E-state index contributed by atoms with van der Waals surface area (Å²) in [6, 6.07) is 0. The number of rotatable bonds is 3. The Hall–Kier alpha value is -0.520. The van der Waals surface area contributed by atoms with E-state index < -0.39 is 0 Å². The molecule has 0 aliphatic heterocycles. The highest BCUT2D eigenvalue weighted by molar-refractivity contribution is 4.98. The van der Waals surface area contributed by atoms with Crippen molar-refractivity contribution in [3.8, 4) is 0 Å². The molecule has 0 fully saturated rings. The van der Waals surface area contributed by atoms with Crippen molar-refractivity contribution in [2.24, 2.45) is 11.8 Å². The summed E-state index contributed by atoms with van der Waals surface area (Å²) < 4.78 is 0. The lowest BCUT2D eigenvalue weighted by Gasteiger charge is -1.98. The number of hydrogen-bond acceptors (Lipinski definition) is 0. The Morgan fingerprint density at radius 3 is 1.90 bits per heavy atom. The summed E-state index contributed by atoms with van der Waals surface area (Å²) in [4.78, 5) is 0. The Bertz CT molecular complexity index is 118. The molecule has 1 unspecified atom stereocenters. The fraction of sp³-hybridized carbons (Fsp3) is 0.600. The van der Waals surface area contributed by atoms with Crippen molar-refractivity contribution < 1.29 is 0 Å². The molecular weight excluding hydrogens is 120 g/mol. The van der Waals surface area contributed by atoms with Crippen molar-refractivity contribution in [3.05, 3.63) is 24.3 Å². The summed E-state index contributed by atoms with van der Waals surface area (Å²) in [6.07, 6.45) is 8.77. The van der Waals surface area contributed by atoms with E-state index in [2.05, 4.69) is 52.0 Å². The van der Waals surface area contributed by atoms with E-state index in [1.165, 1.54) is 0 Å². The zero-order chi connectivity index (χ0) is 7.98. The van der Waals surface area contributed by atoms with Crippen LogP contribution in [0.25, 0.3) is 0 Å². The highest BCUT2D eigenvalue weighted by Crippen LogP contribution is 2.02. The van der Waals surface area contributed by atoms with Gasteiger partial charge in [0.15, 0.2) is 0 Å². The van der Waals surface area contributed by atoms with Crippen molar-refractivity contribution in [2.75, 3.05) is 0 Å². The minimum Gasteiger partial charge on any atom is -0.0911 e. The van der Waals surface area contributed by atoms with E-state index in [9.17, 15) is 0 Å². The molecule has 0 saturated carbocycles. The molecule has 0 bridgehead atoms. The molecule has 0 radical (unpaired) electrons. The first kappa shape index (κ1) is 9.48. The zero-order valence-corrected chi connectivity index (χ0v) is 7.46. The molecule has 0 aliphatic rings. The largest absolute Gasteiger partial charge is 0.0911 e. The molecule has 0 aromatic rings. The third-order valence-corrected chi connectivity index (χ3v) is 1.30. The second-order valence-corrected chi connectivity index (χ2v) is 3.01.